The first-order valence-corrected chi connectivity index (χ1v) is 17.5. The summed E-state index contributed by atoms with van der Waals surface area (Å²) in [5.74, 6) is -1.07. The zero-order valence-electron chi connectivity index (χ0n) is 28.2. The number of hydrogen-bond donors (Lipinski definition) is 3. The van der Waals surface area contributed by atoms with Gasteiger partial charge in [-0.3, -0.25) is 19.4 Å². The Bertz CT molecular complexity index is 1540. The van der Waals surface area contributed by atoms with Gasteiger partial charge in [0.1, 0.15) is 5.60 Å². The zero-order chi connectivity index (χ0) is 34.7. The number of para-hydroxylation sites is 1. The van der Waals surface area contributed by atoms with E-state index in [1.165, 1.54) is 11.3 Å². The Hall–Kier alpha value is -4.32. The maximum Gasteiger partial charge on any atom is 0.408 e. The van der Waals surface area contributed by atoms with Crippen LogP contribution >= 0.6 is 11.3 Å². The number of ketones is 2. The number of carbonyl (C=O) groups excluding carboxylic acids is 4. The van der Waals surface area contributed by atoms with Crippen molar-refractivity contribution in [3.8, 4) is 0 Å². The summed E-state index contributed by atoms with van der Waals surface area (Å²) in [6.45, 7) is 6.80. The van der Waals surface area contributed by atoms with Crippen LogP contribution in [-0.4, -0.2) is 70.7 Å². The third kappa shape index (κ3) is 10.6. The molecule has 1 fully saturated rings. The maximum absolute atomic E-state index is 13.9. The van der Waals surface area contributed by atoms with Crippen LogP contribution in [0.5, 0.6) is 0 Å². The minimum atomic E-state index is -0.843. The Labute approximate surface area is 286 Å². The van der Waals surface area contributed by atoms with E-state index in [1.54, 1.807) is 11.8 Å². The molecule has 11 nitrogen and oxygen atoms in total. The normalized spacial score (nSPS) is 15.5. The molecular formula is C36H48N6O5S. The van der Waals surface area contributed by atoms with Crippen molar-refractivity contribution >= 4 is 51.1 Å². The Balaban J connectivity index is 1.49. The highest BCUT2D eigenvalue weighted by Gasteiger charge is 2.39. The highest BCUT2D eigenvalue weighted by molar-refractivity contribution is 7.20. The number of fused-ring (bicyclic) bond motifs is 1. The van der Waals surface area contributed by atoms with Gasteiger partial charge in [-0.25, -0.2) is 9.78 Å². The predicted molar refractivity (Wildman–Crippen MR) is 189 cm³/mol. The number of ether oxygens (including phenoxy) is 1. The van der Waals surface area contributed by atoms with Gasteiger partial charge < -0.3 is 26.4 Å². The Morgan fingerprint density at radius 3 is 2.38 bits per heavy atom. The van der Waals surface area contributed by atoms with Crippen LogP contribution in [0.3, 0.4) is 0 Å². The van der Waals surface area contributed by atoms with E-state index in [0.717, 1.165) is 15.8 Å². The number of rotatable bonds is 16. The van der Waals surface area contributed by atoms with E-state index >= 15 is 0 Å². The zero-order valence-corrected chi connectivity index (χ0v) is 29.0. The van der Waals surface area contributed by atoms with Gasteiger partial charge in [0.2, 0.25) is 5.91 Å². The first-order chi connectivity index (χ1) is 22.9. The van der Waals surface area contributed by atoms with Gasteiger partial charge in [0.25, 0.3) is 0 Å². The molecule has 48 heavy (non-hydrogen) atoms. The van der Waals surface area contributed by atoms with E-state index in [0.29, 0.717) is 69.6 Å². The maximum atomic E-state index is 13.9. The smallest absolute Gasteiger partial charge is 0.408 e. The highest BCUT2D eigenvalue weighted by atomic mass is 32.1. The molecule has 0 unspecified atom stereocenters. The number of benzene rings is 2. The van der Waals surface area contributed by atoms with Gasteiger partial charge in [-0.2, -0.15) is 0 Å². The third-order valence-electron chi connectivity index (χ3n) is 8.86. The number of nitrogens with two attached hydrogens (primary N) is 2. The van der Waals surface area contributed by atoms with Crippen LogP contribution < -0.4 is 16.8 Å². The van der Waals surface area contributed by atoms with E-state index < -0.39 is 23.7 Å². The second kappa shape index (κ2) is 17.2. The predicted octanol–water partition coefficient (Wildman–Crippen LogP) is 5.26. The lowest BCUT2D eigenvalue weighted by atomic mass is 9.85. The molecule has 0 spiro atoms. The van der Waals surface area contributed by atoms with Gasteiger partial charge in [0, 0.05) is 51.7 Å². The number of Topliss-reactive ketones (excluding diaryl/α,β-unsaturated/α-hetero) is 2. The topological polar surface area (TPSA) is 170 Å². The molecule has 0 aliphatic carbocycles. The van der Waals surface area contributed by atoms with Crippen LogP contribution in [0.15, 0.2) is 59.6 Å². The second-order valence-corrected chi connectivity index (χ2v) is 14.1. The summed E-state index contributed by atoms with van der Waals surface area (Å²) in [5.41, 5.74) is 12.1. The van der Waals surface area contributed by atoms with Gasteiger partial charge in [-0.15, -0.1) is 11.3 Å². The quantitative estimate of drug-likeness (QED) is 0.0798. The van der Waals surface area contributed by atoms with Gasteiger partial charge in [0.15, 0.2) is 22.5 Å². The van der Waals surface area contributed by atoms with Crippen LogP contribution in [0.4, 0.5) is 4.79 Å². The van der Waals surface area contributed by atoms with Crippen molar-refractivity contribution in [2.24, 2.45) is 28.3 Å². The lowest BCUT2D eigenvalue weighted by Crippen LogP contribution is -2.51. The highest BCUT2D eigenvalue weighted by Crippen LogP contribution is 2.32. The molecule has 5 N–H and O–H groups in total. The fraction of sp³-hybridized carbons (Fsp3) is 0.500. The van der Waals surface area contributed by atoms with Gasteiger partial charge in [-0.1, -0.05) is 56.3 Å². The molecule has 0 bridgehead atoms. The molecule has 0 saturated carbocycles. The number of piperidine rings is 1. The van der Waals surface area contributed by atoms with Crippen molar-refractivity contribution in [3.05, 3.63) is 65.2 Å². The molecule has 258 valence electrons. The average molecular weight is 677 g/mol. The number of guanidine groups is 1. The summed E-state index contributed by atoms with van der Waals surface area (Å²) < 4.78 is 7.09. The fourth-order valence-electron chi connectivity index (χ4n) is 6.17. The molecule has 2 heterocycles. The molecule has 3 aromatic rings. The number of nitrogens with zero attached hydrogens (tertiary/aromatic N) is 3. The minimum absolute atomic E-state index is 0.00745. The number of aryl methyl sites for hydroxylation is 1. The molecule has 1 saturated heterocycles. The molecular weight excluding hydrogens is 629 g/mol. The molecule has 0 radical (unpaired) electrons. The molecule has 12 heteroatoms. The second-order valence-electron chi connectivity index (χ2n) is 13.1. The van der Waals surface area contributed by atoms with E-state index in [4.69, 9.17) is 16.2 Å². The molecule has 1 aliphatic rings. The molecule has 2 aromatic carbocycles. The van der Waals surface area contributed by atoms with Crippen molar-refractivity contribution in [1.82, 2.24) is 15.2 Å². The Morgan fingerprint density at radius 1 is 1.04 bits per heavy atom. The van der Waals surface area contributed by atoms with Crippen LogP contribution in [0, 0.1) is 11.8 Å². The lowest BCUT2D eigenvalue weighted by Gasteiger charge is -2.41. The van der Waals surface area contributed by atoms with Crippen molar-refractivity contribution in [2.45, 2.75) is 83.8 Å². The SMILES string of the molecule is CC(=O)N1CCC(CCc2ccccc2)(OC(=O)N[C@@H](CC(C)C)C(=O)C[C@@H](CCCN=C(N)N)C(=O)c2nc3ccccc3s2)CC1. The summed E-state index contributed by atoms with van der Waals surface area (Å²) >= 11 is 1.30. The molecule has 4 rings (SSSR count). The number of alkyl carbamates (subject to hydrolysis) is 1. The summed E-state index contributed by atoms with van der Waals surface area (Å²) in [7, 11) is 0. The summed E-state index contributed by atoms with van der Waals surface area (Å²) in [6.07, 6.45) is 2.84. The van der Waals surface area contributed by atoms with E-state index in [9.17, 15) is 19.2 Å². The number of hydrogen-bond acceptors (Lipinski definition) is 8. The van der Waals surface area contributed by atoms with Crippen LogP contribution in [0.1, 0.15) is 81.1 Å². The van der Waals surface area contributed by atoms with Crippen molar-refractivity contribution < 1.29 is 23.9 Å². The van der Waals surface area contributed by atoms with Crippen LogP contribution in [0.25, 0.3) is 10.2 Å². The number of aromatic nitrogens is 1. The number of aliphatic imine (C=N–C) groups is 1. The Kier molecular flexibility index (Phi) is 13.1. The van der Waals surface area contributed by atoms with Crippen molar-refractivity contribution in [3.63, 3.8) is 0 Å². The number of carbonyl (C=O) groups is 4. The van der Waals surface area contributed by atoms with E-state index in [1.807, 2.05) is 68.4 Å². The average Bonchev–Trinajstić information content (AvgIpc) is 3.49. The fourth-order valence-corrected chi connectivity index (χ4v) is 7.15. The molecule has 1 aromatic heterocycles. The summed E-state index contributed by atoms with van der Waals surface area (Å²) in [4.78, 5) is 63.7. The van der Waals surface area contributed by atoms with E-state index in [-0.39, 0.29) is 35.8 Å². The third-order valence-corrected chi connectivity index (χ3v) is 9.91. The van der Waals surface area contributed by atoms with Gasteiger partial charge >= 0.3 is 6.09 Å². The number of thiazole rings is 1. The van der Waals surface area contributed by atoms with Crippen molar-refractivity contribution in [1.29, 1.82) is 0 Å². The van der Waals surface area contributed by atoms with Crippen LogP contribution in [0.2, 0.25) is 0 Å². The number of amides is 2. The summed E-state index contributed by atoms with van der Waals surface area (Å²) in [5, 5.41) is 3.22. The minimum Gasteiger partial charge on any atom is -0.443 e. The number of likely N-dealkylation sites (tertiary alicyclic amines) is 1. The largest absolute Gasteiger partial charge is 0.443 e. The molecule has 1 aliphatic heterocycles. The van der Waals surface area contributed by atoms with E-state index in [2.05, 4.69) is 15.3 Å². The van der Waals surface area contributed by atoms with Gasteiger partial charge in [0.05, 0.1) is 16.3 Å². The first-order valence-electron chi connectivity index (χ1n) is 16.7. The van der Waals surface area contributed by atoms with Crippen LogP contribution in [-0.2, 0) is 20.7 Å². The summed E-state index contributed by atoms with van der Waals surface area (Å²) in [6, 6.07) is 16.7. The number of nitrogens with one attached hydrogen (secondary N) is 1. The van der Waals surface area contributed by atoms with Crippen molar-refractivity contribution in [2.75, 3.05) is 19.6 Å². The monoisotopic (exact) mass is 676 g/mol. The standard InChI is InChI=1S/C36H48N6O5S/c1-24(2)22-29(41-35(46)47-36(16-15-26-10-5-4-6-11-26)17-20-42(21-18-36)25(3)43)30(44)23-27(12-9-19-39-34(37)38)32(45)33-40-28-13-7-8-14-31(28)48-33/h4-8,10-11,13-14,24,27,29H,9,12,15-23H2,1-3H3,(H,41,46)(H4,37,38,39)/t27-,29+/m1/s1. The Morgan fingerprint density at radius 2 is 1.73 bits per heavy atom. The first kappa shape index (κ1) is 36.5. The molecule has 2 amide bonds. The lowest BCUT2D eigenvalue weighted by molar-refractivity contribution is -0.133. The molecule has 2 atom stereocenters. The van der Waals surface area contributed by atoms with Gasteiger partial charge in [-0.05, 0) is 55.7 Å².